The third kappa shape index (κ3) is 1.83. The number of aliphatic hydroxyl groups excluding tert-OH is 1. The molecule has 2 aliphatic heterocycles. The van der Waals surface area contributed by atoms with Gasteiger partial charge in [-0.2, -0.15) is 0 Å². The molecular formula is C18H31NO2. The Labute approximate surface area is 128 Å². The molecule has 0 aromatic heterocycles. The molecule has 5 fully saturated rings. The quantitative estimate of drug-likeness (QED) is 0.823. The van der Waals surface area contributed by atoms with E-state index in [0.29, 0.717) is 17.8 Å². The second-order valence-electron chi connectivity index (χ2n) is 8.94. The van der Waals surface area contributed by atoms with Gasteiger partial charge >= 0.3 is 0 Å². The van der Waals surface area contributed by atoms with Crippen LogP contribution in [0.1, 0.15) is 65.2 Å². The molecule has 5 aliphatic rings. The molecule has 120 valence electrons. The van der Waals surface area contributed by atoms with E-state index in [0.717, 1.165) is 12.8 Å². The molecule has 21 heavy (non-hydrogen) atoms. The Morgan fingerprint density at radius 2 is 1.86 bits per heavy atom. The van der Waals surface area contributed by atoms with E-state index in [1.54, 1.807) is 0 Å². The van der Waals surface area contributed by atoms with E-state index in [9.17, 15) is 5.11 Å². The second kappa shape index (κ2) is 4.46. The van der Waals surface area contributed by atoms with Gasteiger partial charge < -0.3 is 15.6 Å². The maximum atomic E-state index is 9.89. The van der Waals surface area contributed by atoms with Crippen LogP contribution in [-0.2, 0) is 4.74 Å². The summed E-state index contributed by atoms with van der Waals surface area (Å²) in [6.07, 6.45) is 9.88. The predicted octanol–water partition coefficient (Wildman–Crippen LogP) is 2.85. The van der Waals surface area contributed by atoms with Gasteiger partial charge in [0, 0.05) is 24.0 Å². The van der Waals surface area contributed by atoms with Crippen LogP contribution in [0, 0.1) is 23.7 Å². The summed E-state index contributed by atoms with van der Waals surface area (Å²) in [6, 6.07) is 0. The van der Waals surface area contributed by atoms with Crippen LogP contribution in [0.3, 0.4) is 0 Å². The van der Waals surface area contributed by atoms with Crippen LogP contribution in [0.2, 0.25) is 0 Å². The van der Waals surface area contributed by atoms with Gasteiger partial charge in [-0.3, -0.25) is 0 Å². The maximum absolute atomic E-state index is 9.89. The number of aliphatic hydroxyl groups is 1. The fraction of sp³-hybridized carbons (Fsp3) is 1.00. The second-order valence-corrected chi connectivity index (χ2v) is 8.94. The van der Waals surface area contributed by atoms with Gasteiger partial charge in [-0.05, 0) is 64.2 Å². The molecule has 0 unspecified atom stereocenters. The van der Waals surface area contributed by atoms with Gasteiger partial charge in [0.15, 0.2) is 0 Å². The summed E-state index contributed by atoms with van der Waals surface area (Å²) in [5, 5.41) is 9.89. The molecule has 3 nitrogen and oxygen atoms in total. The molecule has 3 N–H and O–H groups in total. The molecule has 2 saturated heterocycles. The smallest absolute Gasteiger partial charge is 0.0738 e. The Bertz CT molecular complexity index is 431. The minimum absolute atomic E-state index is 0.00199. The zero-order chi connectivity index (χ0) is 14.9. The van der Waals surface area contributed by atoms with E-state index in [-0.39, 0.29) is 29.3 Å². The van der Waals surface area contributed by atoms with Crippen LogP contribution in [0.25, 0.3) is 0 Å². The van der Waals surface area contributed by atoms with Crippen LogP contribution in [0.15, 0.2) is 0 Å². The third-order valence-electron chi connectivity index (χ3n) is 7.44. The average molecular weight is 293 g/mol. The summed E-state index contributed by atoms with van der Waals surface area (Å²) >= 11 is 0. The zero-order valence-corrected chi connectivity index (χ0v) is 13.6. The Morgan fingerprint density at radius 3 is 2.52 bits per heavy atom. The molecule has 4 bridgehead atoms. The van der Waals surface area contributed by atoms with Crippen LogP contribution in [-0.4, -0.2) is 28.5 Å². The van der Waals surface area contributed by atoms with Crippen LogP contribution in [0.4, 0.5) is 0 Å². The van der Waals surface area contributed by atoms with E-state index in [1.807, 2.05) is 0 Å². The summed E-state index contributed by atoms with van der Waals surface area (Å²) < 4.78 is 6.78. The topological polar surface area (TPSA) is 55.5 Å². The van der Waals surface area contributed by atoms with Crippen molar-refractivity contribution in [2.75, 3.05) is 6.61 Å². The molecule has 3 aliphatic carbocycles. The van der Waals surface area contributed by atoms with E-state index >= 15 is 0 Å². The van der Waals surface area contributed by atoms with Gasteiger partial charge in [-0.15, -0.1) is 0 Å². The van der Waals surface area contributed by atoms with Crippen molar-refractivity contribution < 1.29 is 9.84 Å². The Balaban J connectivity index is 1.77. The first-order chi connectivity index (χ1) is 9.91. The summed E-state index contributed by atoms with van der Waals surface area (Å²) in [5.74, 6) is 2.08. The largest absolute Gasteiger partial charge is 0.396 e. The summed E-state index contributed by atoms with van der Waals surface area (Å²) in [4.78, 5) is 0. The fourth-order valence-corrected chi connectivity index (χ4v) is 7.04. The van der Waals surface area contributed by atoms with Crippen molar-refractivity contribution in [2.24, 2.45) is 29.4 Å². The predicted molar refractivity (Wildman–Crippen MR) is 82.8 cm³/mol. The SMILES string of the molecule is CC1(C)O[C@@]2(C3CCCC3)C[C@@H]3CC[C@H](CO)[C@](N)(C2)[C@@H]31. The summed E-state index contributed by atoms with van der Waals surface area (Å²) in [7, 11) is 0. The van der Waals surface area contributed by atoms with Crippen molar-refractivity contribution in [3.05, 3.63) is 0 Å². The van der Waals surface area contributed by atoms with Gasteiger partial charge in [0.25, 0.3) is 0 Å². The lowest BCUT2D eigenvalue weighted by Crippen LogP contribution is -2.78. The highest BCUT2D eigenvalue weighted by Gasteiger charge is 2.69. The van der Waals surface area contributed by atoms with E-state index in [4.69, 9.17) is 10.5 Å². The molecule has 0 aromatic carbocycles. The minimum Gasteiger partial charge on any atom is -0.396 e. The van der Waals surface area contributed by atoms with Gasteiger partial charge in [-0.1, -0.05) is 12.8 Å². The standard InChI is InChI=1S/C18H31NO2/c1-16(2)15-12-7-8-14(10-20)18(15,19)11-17(9-12,21-16)13-5-3-4-6-13/h12-15,20H,3-11,19H2,1-2H3/t12-,14+,15-,17-,18+/m0/s1. The minimum atomic E-state index is -0.208. The molecule has 0 amide bonds. The van der Waals surface area contributed by atoms with Crippen molar-refractivity contribution in [1.29, 1.82) is 0 Å². The number of nitrogens with two attached hydrogens (primary N) is 1. The monoisotopic (exact) mass is 293 g/mol. The highest BCUT2D eigenvalue weighted by atomic mass is 16.5. The van der Waals surface area contributed by atoms with E-state index in [1.165, 1.54) is 38.5 Å². The number of fused-ring (bicyclic) bond motifs is 1. The van der Waals surface area contributed by atoms with Crippen LogP contribution in [0.5, 0.6) is 0 Å². The van der Waals surface area contributed by atoms with Crippen molar-refractivity contribution in [1.82, 2.24) is 0 Å². The van der Waals surface area contributed by atoms with E-state index < -0.39 is 0 Å². The number of rotatable bonds is 2. The normalized spacial score (nSPS) is 52.3. The summed E-state index contributed by atoms with van der Waals surface area (Å²) in [5.41, 5.74) is 6.69. The average Bonchev–Trinajstić information content (AvgIpc) is 2.90. The van der Waals surface area contributed by atoms with Crippen LogP contribution >= 0.6 is 0 Å². The lowest BCUT2D eigenvalue weighted by atomic mass is 9.45. The molecule has 0 radical (unpaired) electrons. The van der Waals surface area contributed by atoms with Crippen molar-refractivity contribution in [2.45, 2.75) is 82.0 Å². The van der Waals surface area contributed by atoms with Gasteiger partial charge in [-0.25, -0.2) is 0 Å². The first-order valence-corrected chi connectivity index (χ1v) is 9.01. The first-order valence-electron chi connectivity index (χ1n) is 9.01. The highest BCUT2D eigenvalue weighted by molar-refractivity contribution is 5.21. The molecular weight excluding hydrogens is 262 g/mol. The number of ether oxygens (including phenoxy) is 1. The lowest BCUT2D eigenvalue weighted by molar-refractivity contribution is -0.317. The molecule has 3 heteroatoms. The van der Waals surface area contributed by atoms with Gasteiger partial charge in [0.05, 0.1) is 11.2 Å². The molecule has 5 atom stereocenters. The molecule has 0 spiro atoms. The Hall–Kier alpha value is -0.120. The Morgan fingerprint density at radius 1 is 1.14 bits per heavy atom. The van der Waals surface area contributed by atoms with Crippen molar-refractivity contribution in [3.63, 3.8) is 0 Å². The molecule has 5 rings (SSSR count). The molecule has 3 saturated carbocycles. The van der Waals surface area contributed by atoms with Crippen molar-refractivity contribution in [3.8, 4) is 0 Å². The Kier molecular flexibility index (Phi) is 3.07. The summed E-state index contributed by atoms with van der Waals surface area (Å²) in [6.45, 7) is 4.76. The third-order valence-corrected chi connectivity index (χ3v) is 7.44. The molecule has 0 aromatic rings. The fourth-order valence-electron chi connectivity index (χ4n) is 7.04. The van der Waals surface area contributed by atoms with Gasteiger partial charge in [0.2, 0.25) is 0 Å². The van der Waals surface area contributed by atoms with Crippen LogP contribution < -0.4 is 5.73 Å². The molecule has 2 heterocycles. The van der Waals surface area contributed by atoms with Crippen molar-refractivity contribution >= 4 is 0 Å². The zero-order valence-electron chi connectivity index (χ0n) is 13.6. The van der Waals surface area contributed by atoms with E-state index in [2.05, 4.69) is 13.8 Å². The maximum Gasteiger partial charge on any atom is 0.0738 e. The lowest BCUT2D eigenvalue weighted by Gasteiger charge is -2.70. The number of hydrogen-bond acceptors (Lipinski definition) is 3. The number of hydrogen-bond donors (Lipinski definition) is 2. The first kappa shape index (κ1) is 14.5. The van der Waals surface area contributed by atoms with Gasteiger partial charge in [0.1, 0.15) is 0 Å². The highest BCUT2D eigenvalue weighted by Crippen LogP contribution is 2.65.